The molecule has 5 rings (SSSR count). The molecule has 2 atom stereocenters. The largest absolute Gasteiger partial charge is 0.491 e. The lowest BCUT2D eigenvalue weighted by Gasteiger charge is -2.36. The van der Waals surface area contributed by atoms with Crippen LogP contribution >= 0.6 is 23.2 Å². The van der Waals surface area contributed by atoms with Crippen molar-refractivity contribution in [2.75, 3.05) is 57.4 Å². The first-order valence-electron chi connectivity index (χ1n) is 13.9. The monoisotopic (exact) mass is 602 g/mol. The van der Waals surface area contributed by atoms with Crippen molar-refractivity contribution in [1.29, 1.82) is 0 Å². The molecule has 2 aliphatic heterocycles. The first kappa shape index (κ1) is 29.7. The van der Waals surface area contributed by atoms with Crippen LogP contribution in [0.15, 0.2) is 61.2 Å². The Kier molecular flexibility index (Phi) is 9.72. The van der Waals surface area contributed by atoms with Gasteiger partial charge in [-0.25, -0.2) is 4.98 Å². The summed E-state index contributed by atoms with van der Waals surface area (Å²) >= 11 is 12.7. The van der Waals surface area contributed by atoms with Gasteiger partial charge < -0.3 is 28.4 Å². The summed E-state index contributed by atoms with van der Waals surface area (Å²) in [6.07, 6.45) is 4.99. The molecular weight excluding hydrogens is 567 g/mol. The minimum atomic E-state index is -1.08. The highest BCUT2D eigenvalue weighted by Gasteiger charge is 2.45. The minimum absolute atomic E-state index is 0.0901. The summed E-state index contributed by atoms with van der Waals surface area (Å²) in [5, 5.41) is 1.02. The van der Waals surface area contributed by atoms with Gasteiger partial charge in [0, 0.05) is 61.4 Å². The second-order valence-corrected chi connectivity index (χ2v) is 11.5. The molecule has 11 heteroatoms. The number of piperazine rings is 1. The third-order valence-electron chi connectivity index (χ3n) is 7.28. The number of nitrogens with zero attached hydrogens (tertiary/aromatic N) is 4. The maximum atomic E-state index is 11.7. The Hall–Kier alpha value is -2.82. The number of ether oxygens (including phenoxy) is 4. The van der Waals surface area contributed by atoms with Gasteiger partial charge in [0.25, 0.3) is 0 Å². The van der Waals surface area contributed by atoms with Crippen molar-refractivity contribution >= 4 is 34.9 Å². The second kappa shape index (κ2) is 13.4. The van der Waals surface area contributed by atoms with Crippen LogP contribution in [-0.2, 0) is 31.3 Å². The van der Waals surface area contributed by atoms with Crippen LogP contribution in [0.2, 0.25) is 10.0 Å². The van der Waals surface area contributed by atoms with Gasteiger partial charge in [-0.05, 0) is 36.4 Å². The zero-order chi connectivity index (χ0) is 28.8. The number of aromatic nitrogens is 2. The third-order valence-corrected chi connectivity index (χ3v) is 7.83. The van der Waals surface area contributed by atoms with Crippen LogP contribution in [0, 0.1) is 5.92 Å². The highest BCUT2D eigenvalue weighted by atomic mass is 35.5. The Balaban J connectivity index is 1.12. The molecule has 0 amide bonds. The number of hydrogen-bond acceptors (Lipinski definition) is 8. The van der Waals surface area contributed by atoms with E-state index >= 15 is 0 Å². The molecule has 2 fully saturated rings. The van der Waals surface area contributed by atoms with E-state index in [4.69, 9.17) is 42.1 Å². The first-order valence-corrected chi connectivity index (χ1v) is 14.7. The predicted octanol–water partition coefficient (Wildman–Crippen LogP) is 4.86. The van der Waals surface area contributed by atoms with Gasteiger partial charge in [0.05, 0.1) is 30.4 Å². The lowest BCUT2D eigenvalue weighted by atomic mass is 10.1. The zero-order valence-electron chi connectivity index (χ0n) is 23.4. The number of imidazole rings is 1. The summed E-state index contributed by atoms with van der Waals surface area (Å²) in [6, 6.07) is 13.4. The Morgan fingerprint density at radius 3 is 2.59 bits per heavy atom. The molecule has 0 radical (unpaired) electrons. The van der Waals surface area contributed by atoms with Crippen LogP contribution < -0.4 is 9.64 Å². The van der Waals surface area contributed by atoms with Crippen LogP contribution in [0.5, 0.6) is 5.75 Å². The van der Waals surface area contributed by atoms with E-state index in [1.54, 1.807) is 24.7 Å². The number of rotatable bonds is 11. The van der Waals surface area contributed by atoms with E-state index in [2.05, 4.69) is 26.9 Å². The van der Waals surface area contributed by atoms with Gasteiger partial charge in [0.2, 0.25) is 5.79 Å². The van der Waals surface area contributed by atoms with Crippen molar-refractivity contribution in [2.45, 2.75) is 32.3 Å². The van der Waals surface area contributed by atoms with E-state index in [1.807, 2.05) is 42.8 Å². The molecule has 0 saturated carbocycles. The van der Waals surface area contributed by atoms with Gasteiger partial charge in [0.1, 0.15) is 25.1 Å². The molecule has 2 unspecified atom stereocenters. The van der Waals surface area contributed by atoms with Gasteiger partial charge in [-0.2, -0.15) is 0 Å². The summed E-state index contributed by atoms with van der Waals surface area (Å²) in [4.78, 5) is 20.5. The molecule has 9 nitrogen and oxygen atoms in total. The molecule has 2 aliphatic rings. The lowest BCUT2D eigenvalue weighted by molar-refractivity contribution is -0.189. The van der Waals surface area contributed by atoms with Crippen LogP contribution in [0.4, 0.5) is 5.69 Å². The molecular formula is C30H36Cl2N4O5. The molecule has 0 N–H and O–H groups in total. The van der Waals surface area contributed by atoms with Crippen LogP contribution in [0.1, 0.15) is 19.4 Å². The number of anilines is 1. The molecule has 0 bridgehead atoms. The van der Waals surface area contributed by atoms with Gasteiger partial charge in [-0.3, -0.25) is 9.69 Å². The fourth-order valence-electron chi connectivity index (χ4n) is 4.99. The molecule has 0 spiro atoms. The van der Waals surface area contributed by atoms with E-state index in [9.17, 15) is 4.79 Å². The van der Waals surface area contributed by atoms with E-state index < -0.39 is 5.79 Å². The number of carbonyl (C=O) groups excluding carboxylic acids is 1. The van der Waals surface area contributed by atoms with Crippen molar-refractivity contribution < 1.29 is 23.7 Å². The highest BCUT2D eigenvalue weighted by molar-refractivity contribution is 6.35. The smallest absolute Gasteiger partial charge is 0.308 e. The van der Waals surface area contributed by atoms with E-state index in [1.165, 1.54) is 0 Å². The summed E-state index contributed by atoms with van der Waals surface area (Å²) in [6.45, 7) is 9.65. The van der Waals surface area contributed by atoms with Crippen LogP contribution in [0.3, 0.4) is 0 Å². The summed E-state index contributed by atoms with van der Waals surface area (Å²) in [7, 11) is 0. The second-order valence-electron chi connectivity index (χ2n) is 10.6. The molecule has 220 valence electrons. The van der Waals surface area contributed by atoms with Crippen molar-refractivity contribution in [3.05, 3.63) is 76.8 Å². The molecule has 0 aliphatic carbocycles. The Morgan fingerprint density at radius 1 is 1.12 bits per heavy atom. The molecule has 2 aromatic carbocycles. The van der Waals surface area contributed by atoms with Crippen molar-refractivity contribution in [2.24, 2.45) is 5.92 Å². The first-order chi connectivity index (χ1) is 19.8. The predicted molar refractivity (Wildman–Crippen MR) is 158 cm³/mol. The number of esters is 1. The van der Waals surface area contributed by atoms with Gasteiger partial charge in [-0.1, -0.05) is 43.1 Å². The Labute approximate surface area is 250 Å². The van der Waals surface area contributed by atoms with Crippen molar-refractivity contribution in [3.63, 3.8) is 0 Å². The Morgan fingerprint density at radius 2 is 1.90 bits per heavy atom. The number of carbonyl (C=O) groups is 1. The molecule has 2 saturated heterocycles. The standard InChI is InChI=1S/C30H36Cl2N4O5/c1-22(2)29(37)38-16-15-34-11-13-36(14-12-34)24-4-6-25(7-5-24)39-18-26-19-40-30(41-26,20-35-10-9-33-21-35)27-8-3-23(31)17-28(27)32/h3-10,17,21-22,26H,11-16,18-20H2,1-2H3. The summed E-state index contributed by atoms with van der Waals surface area (Å²) in [5.74, 6) is -0.552. The fourth-order valence-corrected chi connectivity index (χ4v) is 5.54. The maximum absolute atomic E-state index is 11.7. The molecule has 1 aromatic heterocycles. The SMILES string of the molecule is CC(C)C(=O)OCCN1CCN(c2ccc(OCC3COC(Cn4ccnc4)(c4ccc(Cl)cc4Cl)O3)cc2)CC1. The average Bonchev–Trinajstić information content (AvgIpc) is 3.63. The van der Waals surface area contributed by atoms with E-state index in [0.29, 0.717) is 42.0 Å². The van der Waals surface area contributed by atoms with E-state index in [0.717, 1.165) is 44.2 Å². The van der Waals surface area contributed by atoms with E-state index in [-0.39, 0.29) is 18.0 Å². The molecule has 41 heavy (non-hydrogen) atoms. The normalized spacial score (nSPS) is 21.4. The number of benzene rings is 2. The lowest BCUT2D eigenvalue weighted by Crippen LogP contribution is -2.47. The topological polar surface area (TPSA) is 78.3 Å². The average molecular weight is 604 g/mol. The summed E-state index contributed by atoms with van der Waals surface area (Å²) < 4.78 is 26.0. The minimum Gasteiger partial charge on any atom is -0.491 e. The van der Waals surface area contributed by atoms with Gasteiger partial charge in [0.15, 0.2) is 0 Å². The third kappa shape index (κ3) is 7.53. The number of halogens is 2. The Bertz CT molecular complexity index is 1280. The van der Waals surface area contributed by atoms with Gasteiger partial charge in [-0.15, -0.1) is 0 Å². The highest BCUT2D eigenvalue weighted by Crippen LogP contribution is 2.40. The van der Waals surface area contributed by atoms with Crippen LogP contribution in [-0.4, -0.2) is 79.1 Å². The van der Waals surface area contributed by atoms with Crippen molar-refractivity contribution in [1.82, 2.24) is 14.5 Å². The van der Waals surface area contributed by atoms with Gasteiger partial charge >= 0.3 is 5.97 Å². The quantitative estimate of drug-likeness (QED) is 0.288. The molecule has 3 aromatic rings. The zero-order valence-corrected chi connectivity index (χ0v) is 24.9. The summed E-state index contributed by atoms with van der Waals surface area (Å²) in [5.41, 5.74) is 1.86. The number of hydrogen-bond donors (Lipinski definition) is 0. The fraction of sp³-hybridized carbons (Fsp3) is 0.467. The van der Waals surface area contributed by atoms with Crippen LogP contribution in [0.25, 0.3) is 0 Å². The van der Waals surface area contributed by atoms with Crippen molar-refractivity contribution in [3.8, 4) is 5.75 Å². The maximum Gasteiger partial charge on any atom is 0.308 e. The molecule has 3 heterocycles.